The van der Waals surface area contributed by atoms with Crippen LogP contribution in [0.3, 0.4) is 0 Å². The summed E-state index contributed by atoms with van der Waals surface area (Å²) in [7, 11) is 5.90. The summed E-state index contributed by atoms with van der Waals surface area (Å²) < 4.78 is 0. The van der Waals surface area contributed by atoms with Crippen LogP contribution in [0.5, 0.6) is 0 Å². The van der Waals surface area contributed by atoms with Crippen LogP contribution in [0.4, 0.5) is 0 Å². The number of fused-ring (bicyclic) bond motifs is 2. The van der Waals surface area contributed by atoms with Crippen molar-refractivity contribution >= 4 is 11.9 Å². The van der Waals surface area contributed by atoms with Crippen LogP contribution in [0.1, 0.15) is 94.3 Å². The minimum absolute atomic E-state index is 0.0456. The summed E-state index contributed by atoms with van der Waals surface area (Å²) >= 11 is 0. The Morgan fingerprint density at radius 1 is 0.744 bits per heavy atom. The number of aromatic carboxylic acids is 1. The van der Waals surface area contributed by atoms with Crippen molar-refractivity contribution in [2.24, 2.45) is 0 Å². The SMILES string of the molecule is CN1CC[C@]23CCC[C@@]2(O)[C@H]1Cc1ccc(C(=O)O)cc13.CNC(=O)c1ccc2c(c1)[C@@]13CCC[C@@]1(O)[C@@H](C2)N(C)CC3. The largest absolute Gasteiger partial charge is 0.478 e. The van der Waals surface area contributed by atoms with Gasteiger partial charge in [-0.1, -0.05) is 12.1 Å². The minimum atomic E-state index is -0.884. The van der Waals surface area contributed by atoms with Gasteiger partial charge in [-0.2, -0.15) is 0 Å². The molecule has 4 bridgehead atoms. The van der Waals surface area contributed by atoms with Gasteiger partial charge in [-0.25, -0.2) is 4.79 Å². The Bertz CT molecular complexity index is 1490. The number of amides is 1. The van der Waals surface area contributed by atoms with Crippen LogP contribution in [-0.4, -0.2) is 94.5 Å². The van der Waals surface area contributed by atoms with E-state index in [9.17, 15) is 24.9 Å². The fourth-order valence-electron chi connectivity index (χ4n) is 10.5. The number of carboxylic acid groups (broad SMARTS) is 1. The summed E-state index contributed by atoms with van der Waals surface area (Å²) in [6.45, 7) is 2.00. The first-order valence-electron chi connectivity index (χ1n) is 16.1. The number of likely N-dealkylation sites (tertiary alicyclic amines) is 2. The molecule has 0 unspecified atom stereocenters. The molecular weight excluding hydrogens is 542 g/mol. The van der Waals surface area contributed by atoms with Crippen LogP contribution in [0.25, 0.3) is 0 Å². The number of rotatable bonds is 2. The third-order valence-corrected chi connectivity index (χ3v) is 12.7. The van der Waals surface area contributed by atoms with Gasteiger partial charge in [0.05, 0.1) is 16.8 Å². The molecule has 2 aliphatic heterocycles. The molecule has 0 radical (unpaired) electrons. The molecule has 4 fully saturated rings. The van der Waals surface area contributed by atoms with Crippen LogP contribution in [0.15, 0.2) is 36.4 Å². The molecule has 2 heterocycles. The Hall–Kier alpha value is -2.78. The first kappa shape index (κ1) is 29.0. The van der Waals surface area contributed by atoms with Crippen molar-refractivity contribution in [3.05, 3.63) is 69.8 Å². The highest BCUT2D eigenvalue weighted by atomic mass is 16.4. The molecule has 2 aromatic rings. The zero-order valence-corrected chi connectivity index (χ0v) is 25.7. The monoisotopic (exact) mass is 587 g/mol. The van der Waals surface area contributed by atoms with E-state index < -0.39 is 17.2 Å². The maximum absolute atomic E-state index is 12.0. The fourth-order valence-corrected chi connectivity index (χ4v) is 10.5. The number of hydrogen-bond donors (Lipinski definition) is 4. The number of nitrogens with zero attached hydrogens (tertiary/aromatic N) is 2. The number of nitrogens with one attached hydrogen (secondary N) is 1. The lowest BCUT2D eigenvalue weighted by Gasteiger charge is -2.58. The van der Waals surface area contributed by atoms with E-state index >= 15 is 0 Å². The molecule has 8 rings (SSSR count). The highest BCUT2D eigenvalue weighted by Gasteiger charge is 2.65. The lowest BCUT2D eigenvalue weighted by Crippen LogP contribution is -2.68. The Labute approximate surface area is 254 Å². The van der Waals surface area contributed by atoms with Gasteiger partial charge in [0.2, 0.25) is 0 Å². The van der Waals surface area contributed by atoms with E-state index in [1.165, 1.54) is 16.7 Å². The highest BCUT2D eigenvalue weighted by Crippen LogP contribution is 2.60. The van der Waals surface area contributed by atoms with Crippen LogP contribution in [0, 0.1) is 0 Å². The molecule has 8 heteroatoms. The molecule has 43 heavy (non-hydrogen) atoms. The molecule has 0 spiro atoms. The second-order valence-electron chi connectivity index (χ2n) is 14.2. The molecule has 2 saturated carbocycles. The van der Waals surface area contributed by atoms with Crippen molar-refractivity contribution in [2.75, 3.05) is 34.2 Å². The molecular formula is C35H45N3O5. The van der Waals surface area contributed by atoms with Crippen molar-refractivity contribution in [1.29, 1.82) is 0 Å². The number of piperidine rings is 2. The molecule has 4 aliphatic carbocycles. The maximum atomic E-state index is 12.0. The quantitative estimate of drug-likeness (QED) is 0.427. The lowest BCUT2D eigenvalue weighted by molar-refractivity contribution is -0.123. The predicted octanol–water partition coefficient (Wildman–Crippen LogP) is 3.26. The van der Waals surface area contributed by atoms with Crippen LogP contribution in [0.2, 0.25) is 0 Å². The molecule has 6 atom stereocenters. The summed E-state index contributed by atoms with van der Waals surface area (Å²) in [5.74, 6) is -0.929. The molecule has 1 amide bonds. The average molecular weight is 588 g/mol. The first-order chi connectivity index (χ1) is 20.5. The predicted molar refractivity (Wildman–Crippen MR) is 164 cm³/mol. The lowest BCUT2D eigenvalue weighted by atomic mass is 9.56. The van der Waals surface area contributed by atoms with Crippen LogP contribution < -0.4 is 5.32 Å². The third-order valence-electron chi connectivity index (χ3n) is 12.7. The molecule has 8 nitrogen and oxygen atoms in total. The Morgan fingerprint density at radius 2 is 1.21 bits per heavy atom. The van der Waals surface area contributed by atoms with Gasteiger partial charge in [0.1, 0.15) is 0 Å². The van der Waals surface area contributed by atoms with Gasteiger partial charge in [-0.05, 0) is 138 Å². The Morgan fingerprint density at radius 3 is 1.67 bits per heavy atom. The van der Waals surface area contributed by atoms with Gasteiger partial charge in [0.15, 0.2) is 0 Å². The molecule has 6 aliphatic rings. The van der Waals surface area contributed by atoms with E-state index in [1.54, 1.807) is 13.1 Å². The Balaban J connectivity index is 0.000000140. The van der Waals surface area contributed by atoms with E-state index in [1.807, 2.05) is 24.3 Å². The maximum Gasteiger partial charge on any atom is 0.335 e. The summed E-state index contributed by atoms with van der Waals surface area (Å²) in [4.78, 5) is 27.9. The summed E-state index contributed by atoms with van der Waals surface area (Å²) in [5, 5.41) is 35.0. The zero-order chi connectivity index (χ0) is 30.4. The second-order valence-corrected chi connectivity index (χ2v) is 14.2. The van der Waals surface area contributed by atoms with Crippen molar-refractivity contribution in [1.82, 2.24) is 15.1 Å². The summed E-state index contributed by atoms with van der Waals surface area (Å²) in [5.41, 5.74) is 4.23. The van der Waals surface area contributed by atoms with Crippen LogP contribution >= 0.6 is 0 Å². The fraction of sp³-hybridized carbons (Fsp3) is 0.600. The molecule has 2 saturated heterocycles. The van der Waals surface area contributed by atoms with Crippen molar-refractivity contribution < 1.29 is 24.9 Å². The number of carbonyl (C=O) groups excluding carboxylic acids is 1. The molecule has 0 aromatic heterocycles. The Kier molecular flexibility index (Phi) is 6.64. The van der Waals surface area contributed by atoms with E-state index in [-0.39, 0.29) is 28.8 Å². The van der Waals surface area contributed by atoms with Gasteiger partial charge in [-0.15, -0.1) is 0 Å². The molecule has 2 aromatic carbocycles. The smallest absolute Gasteiger partial charge is 0.335 e. The van der Waals surface area contributed by atoms with Crippen molar-refractivity contribution in [3.63, 3.8) is 0 Å². The number of carboxylic acids is 1. The summed E-state index contributed by atoms with van der Waals surface area (Å²) in [6, 6.07) is 11.9. The minimum Gasteiger partial charge on any atom is -0.478 e. The van der Waals surface area contributed by atoms with E-state index in [4.69, 9.17) is 0 Å². The van der Waals surface area contributed by atoms with E-state index in [0.717, 1.165) is 82.9 Å². The number of aliphatic hydroxyl groups is 2. The van der Waals surface area contributed by atoms with E-state index in [0.29, 0.717) is 11.1 Å². The number of benzene rings is 2. The highest BCUT2D eigenvalue weighted by molar-refractivity contribution is 5.94. The average Bonchev–Trinajstić information content (AvgIpc) is 3.55. The number of likely N-dealkylation sites (N-methyl/N-ethyl adjacent to an activating group) is 2. The normalized spacial score (nSPS) is 37.2. The van der Waals surface area contributed by atoms with Crippen LogP contribution in [-0.2, 0) is 23.7 Å². The third kappa shape index (κ3) is 3.82. The zero-order valence-electron chi connectivity index (χ0n) is 25.7. The van der Waals surface area contributed by atoms with Crippen molar-refractivity contribution in [3.8, 4) is 0 Å². The first-order valence-corrected chi connectivity index (χ1v) is 16.1. The van der Waals surface area contributed by atoms with Gasteiger partial charge >= 0.3 is 5.97 Å². The van der Waals surface area contributed by atoms with Crippen molar-refractivity contribution in [2.45, 2.75) is 98.3 Å². The van der Waals surface area contributed by atoms with Gasteiger partial charge in [0.25, 0.3) is 5.91 Å². The molecule has 230 valence electrons. The standard InChI is InChI=1S/C18H24N2O2.C17H21NO3/c1-19-16(21)13-5-4-12-11-15-18(22)7-3-6-17(18,14(12)10-13)8-9-20(15)2;1-18-8-7-16-5-2-6-17(16,21)14(18)10-11-3-4-12(15(19)20)9-13(11)16/h4-5,10,15,22H,3,6-9,11H2,1-2H3,(H,19,21);3-4,9,14,21H,2,5-8,10H2,1H3,(H,19,20)/t15-,17+,18-;14-,16+,17-/m11/s1. The number of carbonyl (C=O) groups is 2. The number of hydrogen-bond acceptors (Lipinski definition) is 6. The van der Waals surface area contributed by atoms with E-state index in [2.05, 4.69) is 35.3 Å². The van der Waals surface area contributed by atoms with Gasteiger partial charge in [0, 0.05) is 35.5 Å². The topological polar surface area (TPSA) is 113 Å². The second kappa shape index (κ2) is 9.86. The van der Waals surface area contributed by atoms with Gasteiger partial charge in [-0.3, -0.25) is 4.79 Å². The molecule has 4 N–H and O–H groups in total. The summed E-state index contributed by atoms with van der Waals surface area (Å²) in [6.07, 6.45) is 9.45. The van der Waals surface area contributed by atoms with Gasteiger partial charge < -0.3 is 30.4 Å².